The highest BCUT2D eigenvalue weighted by Crippen LogP contribution is 2.27. The summed E-state index contributed by atoms with van der Waals surface area (Å²) in [6, 6.07) is 9.65. The molecule has 0 saturated heterocycles. The highest BCUT2D eigenvalue weighted by molar-refractivity contribution is 9.10. The van der Waals surface area contributed by atoms with Gasteiger partial charge in [-0.3, -0.25) is 0 Å². The molecule has 2 rings (SSSR count). The third-order valence-electron chi connectivity index (χ3n) is 2.79. The van der Waals surface area contributed by atoms with Gasteiger partial charge in [-0.05, 0) is 30.2 Å². The fraction of sp³-hybridized carbons (Fsp3) is 0.143. The molecule has 0 aliphatic rings. The van der Waals surface area contributed by atoms with Gasteiger partial charge in [-0.1, -0.05) is 40.2 Å². The van der Waals surface area contributed by atoms with Gasteiger partial charge in [-0.2, -0.15) is 0 Å². The topological polar surface area (TPSA) is 20.2 Å². The van der Waals surface area contributed by atoms with Crippen LogP contribution in [0.2, 0.25) is 0 Å². The van der Waals surface area contributed by atoms with Crippen LogP contribution in [0.1, 0.15) is 22.8 Å². The predicted octanol–water partition coefficient (Wildman–Crippen LogP) is 4.12. The van der Waals surface area contributed by atoms with E-state index in [-0.39, 0.29) is 11.1 Å². The van der Waals surface area contributed by atoms with E-state index in [2.05, 4.69) is 15.9 Å². The minimum absolute atomic E-state index is 0.0552. The lowest BCUT2D eigenvalue weighted by atomic mass is 9.99. The maximum absolute atomic E-state index is 13.7. The Kier molecular flexibility index (Phi) is 3.78. The summed E-state index contributed by atoms with van der Waals surface area (Å²) >= 11 is 3.27. The van der Waals surface area contributed by atoms with E-state index in [9.17, 15) is 13.9 Å². The van der Waals surface area contributed by atoms with Crippen molar-refractivity contribution in [2.75, 3.05) is 0 Å². The van der Waals surface area contributed by atoms with E-state index in [4.69, 9.17) is 0 Å². The maximum Gasteiger partial charge on any atom is 0.165 e. The standard InChI is InChI=1S/C14H11BrF2O/c1-8-2-7-11(13(17)12(8)16)14(18)9-3-5-10(15)6-4-9/h2-7,14,18H,1H3. The van der Waals surface area contributed by atoms with E-state index < -0.39 is 17.7 Å². The summed E-state index contributed by atoms with van der Waals surface area (Å²) in [6.45, 7) is 1.48. The van der Waals surface area contributed by atoms with Gasteiger partial charge in [0, 0.05) is 10.0 Å². The number of aliphatic hydroxyl groups is 1. The minimum Gasteiger partial charge on any atom is -0.384 e. The van der Waals surface area contributed by atoms with E-state index in [1.54, 1.807) is 24.3 Å². The largest absolute Gasteiger partial charge is 0.384 e. The van der Waals surface area contributed by atoms with Gasteiger partial charge in [0.15, 0.2) is 11.6 Å². The predicted molar refractivity (Wildman–Crippen MR) is 69.3 cm³/mol. The van der Waals surface area contributed by atoms with Crippen LogP contribution in [-0.2, 0) is 0 Å². The quantitative estimate of drug-likeness (QED) is 0.884. The fourth-order valence-corrected chi connectivity index (χ4v) is 1.96. The van der Waals surface area contributed by atoms with Crippen LogP contribution in [0.5, 0.6) is 0 Å². The summed E-state index contributed by atoms with van der Waals surface area (Å²) in [7, 11) is 0. The number of hydrogen-bond acceptors (Lipinski definition) is 1. The Morgan fingerprint density at radius 3 is 2.22 bits per heavy atom. The molecule has 1 nitrogen and oxygen atoms in total. The SMILES string of the molecule is Cc1ccc(C(O)c2ccc(Br)cc2)c(F)c1F. The molecule has 18 heavy (non-hydrogen) atoms. The molecule has 0 heterocycles. The van der Waals surface area contributed by atoms with Crippen molar-refractivity contribution >= 4 is 15.9 Å². The van der Waals surface area contributed by atoms with Crippen LogP contribution in [0.4, 0.5) is 8.78 Å². The lowest BCUT2D eigenvalue weighted by Gasteiger charge is -2.13. The minimum atomic E-state index is -1.17. The summed E-state index contributed by atoms with van der Waals surface area (Å²) in [6.07, 6.45) is -1.17. The smallest absolute Gasteiger partial charge is 0.165 e. The molecule has 1 atom stereocenters. The van der Waals surface area contributed by atoms with Gasteiger partial charge in [0.25, 0.3) is 0 Å². The molecular weight excluding hydrogens is 302 g/mol. The van der Waals surface area contributed by atoms with Gasteiger partial charge in [0.1, 0.15) is 6.10 Å². The van der Waals surface area contributed by atoms with Gasteiger partial charge in [-0.25, -0.2) is 8.78 Å². The molecule has 0 aliphatic heterocycles. The molecule has 1 unspecified atom stereocenters. The average Bonchev–Trinajstić information content (AvgIpc) is 2.36. The van der Waals surface area contributed by atoms with Crippen LogP contribution in [0.25, 0.3) is 0 Å². The van der Waals surface area contributed by atoms with Crippen molar-refractivity contribution in [3.05, 3.63) is 69.2 Å². The number of hydrogen-bond donors (Lipinski definition) is 1. The van der Waals surface area contributed by atoms with E-state index >= 15 is 0 Å². The van der Waals surface area contributed by atoms with Crippen LogP contribution >= 0.6 is 15.9 Å². The van der Waals surface area contributed by atoms with Crippen LogP contribution in [0.3, 0.4) is 0 Å². The number of rotatable bonds is 2. The van der Waals surface area contributed by atoms with Gasteiger partial charge >= 0.3 is 0 Å². The number of aliphatic hydroxyl groups excluding tert-OH is 1. The zero-order valence-electron chi connectivity index (χ0n) is 9.62. The first-order chi connectivity index (χ1) is 8.50. The second-order valence-corrected chi connectivity index (χ2v) is 4.97. The van der Waals surface area contributed by atoms with Crippen LogP contribution in [0, 0.1) is 18.6 Å². The summed E-state index contributed by atoms with van der Waals surface area (Å²) in [5.41, 5.74) is 0.681. The Hall–Kier alpha value is -1.26. The zero-order valence-corrected chi connectivity index (χ0v) is 11.2. The lowest BCUT2D eigenvalue weighted by Crippen LogP contribution is -2.05. The number of halogens is 3. The first-order valence-corrected chi connectivity index (χ1v) is 6.18. The Bertz CT molecular complexity index is 567. The number of benzene rings is 2. The second-order valence-electron chi connectivity index (χ2n) is 4.05. The van der Waals surface area contributed by atoms with Crippen LogP contribution in [-0.4, -0.2) is 5.11 Å². The van der Waals surface area contributed by atoms with E-state index in [0.717, 1.165) is 4.47 Å². The summed E-state index contributed by atoms with van der Waals surface area (Å²) in [5, 5.41) is 10.1. The molecule has 94 valence electrons. The van der Waals surface area contributed by atoms with Gasteiger partial charge in [0.2, 0.25) is 0 Å². The molecule has 0 saturated carbocycles. The lowest BCUT2D eigenvalue weighted by molar-refractivity contribution is 0.213. The first-order valence-electron chi connectivity index (χ1n) is 5.38. The molecule has 2 aromatic rings. The highest BCUT2D eigenvalue weighted by Gasteiger charge is 2.18. The molecule has 0 fully saturated rings. The molecule has 0 aromatic heterocycles. The molecule has 2 aromatic carbocycles. The van der Waals surface area contributed by atoms with Crippen molar-refractivity contribution in [1.82, 2.24) is 0 Å². The summed E-state index contributed by atoms with van der Waals surface area (Å²) in [5.74, 6) is -1.91. The van der Waals surface area contributed by atoms with E-state index in [1.807, 2.05) is 0 Å². The van der Waals surface area contributed by atoms with Crippen LogP contribution in [0.15, 0.2) is 40.9 Å². The third kappa shape index (κ3) is 2.44. The number of aryl methyl sites for hydroxylation is 1. The summed E-state index contributed by atoms with van der Waals surface area (Å²) in [4.78, 5) is 0. The average molecular weight is 313 g/mol. The Morgan fingerprint density at radius 1 is 1.00 bits per heavy atom. The molecule has 4 heteroatoms. The molecule has 0 aliphatic carbocycles. The Labute approximate surface area is 112 Å². The molecule has 0 radical (unpaired) electrons. The molecule has 0 bridgehead atoms. The molecule has 0 spiro atoms. The molecule has 1 N–H and O–H groups in total. The Morgan fingerprint density at radius 2 is 1.61 bits per heavy atom. The van der Waals surface area contributed by atoms with Crippen molar-refractivity contribution in [3.8, 4) is 0 Å². The second kappa shape index (κ2) is 5.16. The zero-order chi connectivity index (χ0) is 13.3. The normalized spacial score (nSPS) is 12.5. The van der Waals surface area contributed by atoms with Crippen molar-refractivity contribution in [2.45, 2.75) is 13.0 Å². The Balaban J connectivity index is 2.43. The third-order valence-corrected chi connectivity index (χ3v) is 3.31. The van der Waals surface area contributed by atoms with Crippen molar-refractivity contribution in [2.24, 2.45) is 0 Å². The van der Waals surface area contributed by atoms with Crippen LogP contribution < -0.4 is 0 Å². The molecular formula is C14H11BrF2O. The van der Waals surface area contributed by atoms with E-state index in [0.29, 0.717) is 5.56 Å². The highest BCUT2D eigenvalue weighted by atomic mass is 79.9. The van der Waals surface area contributed by atoms with Gasteiger partial charge < -0.3 is 5.11 Å². The first kappa shape index (κ1) is 13.2. The van der Waals surface area contributed by atoms with Crippen molar-refractivity contribution < 1.29 is 13.9 Å². The maximum atomic E-state index is 13.7. The van der Waals surface area contributed by atoms with Gasteiger partial charge in [-0.15, -0.1) is 0 Å². The summed E-state index contributed by atoms with van der Waals surface area (Å²) < 4.78 is 28.0. The van der Waals surface area contributed by atoms with Crippen molar-refractivity contribution in [3.63, 3.8) is 0 Å². The van der Waals surface area contributed by atoms with Crippen molar-refractivity contribution in [1.29, 1.82) is 0 Å². The fourth-order valence-electron chi connectivity index (χ4n) is 1.70. The monoisotopic (exact) mass is 312 g/mol. The van der Waals surface area contributed by atoms with E-state index in [1.165, 1.54) is 19.1 Å². The van der Waals surface area contributed by atoms with Gasteiger partial charge in [0.05, 0.1) is 0 Å². The molecule has 0 amide bonds.